The summed E-state index contributed by atoms with van der Waals surface area (Å²) in [5.74, 6) is 0. The summed E-state index contributed by atoms with van der Waals surface area (Å²) >= 11 is 3.42. The van der Waals surface area contributed by atoms with E-state index in [-0.39, 0.29) is 11.0 Å². The van der Waals surface area contributed by atoms with Gasteiger partial charge in [0.1, 0.15) is 0 Å². The predicted molar refractivity (Wildman–Crippen MR) is 58.4 cm³/mol. The van der Waals surface area contributed by atoms with Crippen molar-refractivity contribution in [2.45, 2.75) is 25.8 Å². The molecule has 0 aromatic heterocycles. The van der Waals surface area contributed by atoms with Crippen molar-refractivity contribution >= 4 is 15.9 Å². The van der Waals surface area contributed by atoms with E-state index in [9.17, 15) is 0 Å². The molecule has 1 aromatic carbocycles. The SMILES string of the molecule is CC1(C)CC1(N)c1ccc(Br)cc1. The van der Waals surface area contributed by atoms with Crippen molar-refractivity contribution in [3.05, 3.63) is 34.3 Å². The molecule has 13 heavy (non-hydrogen) atoms. The van der Waals surface area contributed by atoms with Crippen molar-refractivity contribution in [3.63, 3.8) is 0 Å². The fraction of sp³-hybridized carbons (Fsp3) is 0.455. The second-order valence-corrected chi connectivity index (χ2v) is 5.45. The molecule has 1 atom stereocenters. The fourth-order valence-corrected chi connectivity index (χ4v) is 2.16. The number of hydrogen-bond donors (Lipinski definition) is 1. The Labute approximate surface area is 87.5 Å². The Kier molecular flexibility index (Phi) is 1.83. The van der Waals surface area contributed by atoms with E-state index in [1.807, 2.05) is 0 Å². The standard InChI is InChI=1S/C11H14BrN/c1-10(2)7-11(10,13)8-3-5-9(12)6-4-8/h3-6H,7,13H2,1-2H3. The zero-order chi connectivity index (χ0) is 9.69. The molecule has 0 aliphatic heterocycles. The molecule has 0 radical (unpaired) electrons. The minimum absolute atomic E-state index is 0.0896. The first kappa shape index (κ1) is 9.22. The molecule has 1 aliphatic rings. The summed E-state index contributed by atoms with van der Waals surface area (Å²) in [5.41, 5.74) is 7.71. The Morgan fingerprint density at radius 1 is 1.23 bits per heavy atom. The van der Waals surface area contributed by atoms with Gasteiger partial charge in [-0.25, -0.2) is 0 Å². The number of benzene rings is 1. The Morgan fingerprint density at radius 2 is 1.69 bits per heavy atom. The van der Waals surface area contributed by atoms with Crippen LogP contribution in [0.4, 0.5) is 0 Å². The average Bonchev–Trinajstić information content (AvgIpc) is 2.53. The van der Waals surface area contributed by atoms with Gasteiger partial charge in [0, 0.05) is 10.0 Å². The lowest BCUT2D eigenvalue weighted by Crippen LogP contribution is -2.25. The number of hydrogen-bond acceptors (Lipinski definition) is 1. The highest BCUT2D eigenvalue weighted by Crippen LogP contribution is 2.60. The van der Waals surface area contributed by atoms with Crippen molar-refractivity contribution < 1.29 is 0 Å². The van der Waals surface area contributed by atoms with Gasteiger partial charge < -0.3 is 5.73 Å². The highest BCUT2D eigenvalue weighted by atomic mass is 79.9. The molecule has 0 saturated heterocycles. The van der Waals surface area contributed by atoms with Crippen LogP contribution in [0.25, 0.3) is 0 Å². The van der Waals surface area contributed by atoms with E-state index >= 15 is 0 Å². The summed E-state index contributed by atoms with van der Waals surface area (Å²) in [6, 6.07) is 8.33. The van der Waals surface area contributed by atoms with Gasteiger partial charge in [-0.2, -0.15) is 0 Å². The summed E-state index contributed by atoms with van der Waals surface area (Å²) < 4.78 is 1.11. The summed E-state index contributed by atoms with van der Waals surface area (Å²) in [7, 11) is 0. The average molecular weight is 240 g/mol. The van der Waals surface area contributed by atoms with Crippen molar-refractivity contribution in [1.29, 1.82) is 0 Å². The summed E-state index contributed by atoms with van der Waals surface area (Å²) in [5, 5.41) is 0. The molecular formula is C11H14BrN. The summed E-state index contributed by atoms with van der Waals surface area (Å²) in [4.78, 5) is 0. The minimum Gasteiger partial charge on any atom is -0.321 e. The molecule has 1 aromatic rings. The molecule has 70 valence electrons. The monoisotopic (exact) mass is 239 g/mol. The number of nitrogens with two attached hydrogens (primary N) is 1. The highest BCUT2D eigenvalue weighted by molar-refractivity contribution is 9.10. The van der Waals surface area contributed by atoms with Crippen LogP contribution in [-0.2, 0) is 5.54 Å². The molecule has 0 heterocycles. The second kappa shape index (κ2) is 2.58. The first-order valence-corrected chi connectivity index (χ1v) is 5.30. The van der Waals surface area contributed by atoms with Crippen LogP contribution >= 0.6 is 15.9 Å². The first-order chi connectivity index (χ1) is 5.96. The quantitative estimate of drug-likeness (QED) is 0.802. The smallest absolute Gasteiger partial charge is 0.0468 e. The molecule has 2 heteroatoms. The van der Waals surface area contributed by atoms with E-state index in [1.165, 1.54) is 5.56 Å². The predicted octanol–water partition coefficient (Wildman–Crippen LogP) is 3.03. The second-order valence-electron chi connectivity index (χ2n) is 4.54. The Bertz CT molecular complexity index is 328. The molecule has 1 saturated carbocycles. The molecular weight excluding hydrogens is 226 g/mol. The zero-order valence-electron chi connectivity index (χ0n) is 7.97. The molecule has 2 rings (SSSR count). The number of halogens is 1. The minimum atomic E-state index is -0.0896. The van der Waals surface area contributed by atoms with Crippen molar-refractivity contribution in [3.8, 4) is 0 Å². The van der Waals surface area contributed by atoms with Crippen LogP contribution in [0.3, 0.4) is 0 Å². The van der Waals surface area contributed by atoms with Crippen LogP contribution in [-0.4, -0.2) is 0 Å². The van der Waals surface area contributed by atoms with Gasteiger partial charge >= 0.3 is 0 Å². The van der Waals surface area contributed by atoms with Gasteiger partial charge in [0.15, 0.2) is 0 Å². The lowest BCUT2D eigenvalue weighted by Gasteiger charge is -2.15. The van der Waals surface area contributed by atoms with Crippen molar-refractivity contribution in [2.24, 2.45) is 11.1 Å². The Hall–Kier alpha value is -0.340. The lowest BCUT2D eigenvalue weighted by molar-refractivity contribution is 0.510. The largest absolute Gasteiger partial charge is 0.321 e. The molecule has 2 N–H and O–H groups in total. The van der Waals surface area contributed by atoms with E-state index in [1.54, 1.807) is 0 Å². The molecule has 0 spiro atoms. The molecule has 1 fully saturated rings. The Balaban J connectivity index is 2.34. The normalized spacial score (nSPS) is 30.2. The van der Waals surface area contributed by atoms with Gasteiger partial charge in [-0.15, -0.1) is 0 Å². The summed E-state index contributed by atoms with van der Waals surface area (Å²) in [6.07, 6.45) is 1.08. The van der Waals surface area contributed by atoms with Gasteiger partial charge in [-0.05, 0) is 29.5 Å². The van der Waals surface area contributed by atoms with E-state index in [4.69, 9.17) is 5.73 Å². The van der Waals surface area contributed by atoms with Crippen molar-refractivity contribution in [2.75, 3.05) is 0 Å². The van der Waals surface area contributed by atoms with Gasteiger partial charge in [0.2, 0.25) is 0 Å². The third-order valence-corrected chi connectivity index (χ3v) is 3.69. The van der Waals surface area contributed by atoms with Crippen LogP contribution < -0.4 is 5.73 Å². The molecule has 1 aliphatic carbocycles. The maximum Gasteiger partial charge on any atom is 0.0468 e. The van der Waals surface area contributed by atoms with Gasteiger partial charge in [-0.3, -0.25) is 0 Å². The highest BCUT2D eigenvalue weighted by Gasteiger charge is 2.59. The topological polar surface area (TPSA) is 26.0 Å². The van der Waals surface area contributed by atoms with Crippen LogP contribution in [0.5, 0.6) is 0 Å². The fourth-order valence-electron chi connectivity index (χ4n) is 1.89. The maximum absolute atomic E-state index is 6.28. The third-order valence-electron chi connectivity index (χ3n) is 3.16. The van der Waals surface area contributed by atoms with E-state index in [0.717, 1.165) is 10.9 Å². The van der Waals surface area contributed by atoms with E-state index in [2.05, 4.69) is 54.0 Å². The number of rotatable bonds is 1. The maximum atomic E-state index is 6.28. The van der Waals surface area contributed by atoms with E-state index < -0.39 is 0 Å². The van der Waals surface area contributed by atoms with Crippen LogP contribution in [0.2, 0.25) is 0 Å². The van der Waals surface area contributed by atoms with Crippen LogP contribution in [0.15, 0.2) is 28.7 Å². The molecule has 0 bridgehead atoms. The third kappa shape index (κ3) is 1.32. The van der Waals surface area contributed by atoms with E-state index in [0.29, 0.717) is 0 Å². The van der Waals surface area contributed by atoms with Gasteiger partial charge in [0.25, 0.3) is 0 Å². The molecule has 1 unspecified atom stereocenters. The Morgan fingerprint density at radius 3 is 2.08 bits per heavy atom. The summed E-state index contributed by atoms with van der Waals surface area (Å²) in [6.45, 7) is 4.43. The van der Waals surface area contributed by atoms with Crippen LogP contribution in [0, 0.1) is 5.41 Å². The first-order valence-electron chi connectivity index (χ1n) is 4.51. The lowest BCUT2D eigenvalue weighted by atomic mass is 9.97. The van der Waals surface area contributed by atoms with Crippen molar-refractivity contribution in [1.82, 2.24) is 0 Å². The zero-order valence-corrected chi connectivity index (χ0v) is 9.56. The molecule has 0 amide bonds. The van der Waals surface area contributed by atoms with Gasteiger partial charge in [-0.1, -0.05) is 41.9 Å². The van der Waals surface area contributed by atoms with Crippen LogP contribution in [0.1, 0.15) is 25.8 Å². The molecule has 1 nitrogen and oxygen atoms in total. The van der Waals surface area contributed by atoms with Gasteiger partial charge in [0.05, 0.1) is 0 Å².